The summed E-state index contributed by atoms with van der Waals surface area (Å²) in [6, 6.07) is 3.86. The van der Waals surface area contributed by atoms with Crippen LogP contribution in [0.5, 0.6) is 0 Å². The molecule has 0 amide bonds. The number of fused-ring (bicyclic) bond motifs is 1. The Morgan fingerprint density at radius 1 is 1.26 bits per heavy atom. The lowest BCUT2D eigenvalue weighted by Crippen LogP contribution is -2.30. The Hall–Kier alpha value is -2.61. The zero-order valence-electron chi connectivity index (χ0n) is 15.3. The molecule has 1 aliphatic heterocycles. The molecule has 0 bridgehead atoms. The molecule has 3 heterocycles. The van der Waals surface area contributed by atoms with E-state index < -0.39 is 11.6 Å². The van der Waals surface area contributed by atoms with Crippen LogP contribution in [0.1, 0.15) is 36.8 Å². The molecule has 8 heteroatoms. The van der Waals surface area contributed by atoms with Crippen molar-refractivity contribution >= 4 is 0 Å². The fraction of sp³-hybridized carbons (Fsp3) is 0.421. The minimum absolute atomic E-state index is 0.459. The van der Waals surface area contributed by atoms with Gasteiger partial charge in [-0.25, -0.2) is 8.78 Å². The first-order chi connectivity index (χ1) is 13.0. The standard InChI is InChI=1S/C19H21F2N5O/c1-11(2)7-18-22-17(25-27-18)10-26-6-5-16-13(9-26)19(24-23-16)12-3-4-14(20)15(21)8-12/h3-4,8,11H,5-7,9-10H2,1-2H3,(H,23,24). The smallest absolute Gasteiger partial charge is 0.226 e. The van der Waals surface area contributed by atoms with Gasteiger partial charge in [-0.05, 0) is 24.1 Å². The molecule has 2 aromatic heterocycles. The van der Waals surface area contributed by atoms with Crippen molar-refractivity contribution in [2.75, 3.05) is 6.54 Å². The number of halogens is 2. The van der Waals surface area contributed by atoms with Crippen LogP contribution in [0.2, 0.25) is 0 Å². The van der Waals surface area contributed by atoms with Gasteiger partial charge in [-0.15, -0.1) is 0 Å². The van der Waals surface area contributed by atoms with Crippen LogP contribution in [0.25, 0.3) is 11.3 Å². The molecular formula is C19H21F2N5O. The molecule has 6 nitrogen and oxygen atoms in total. The number of aromatic nitrogens is 4. The normalized spacial score (nSPS) is 14.7. The lowest BCUT2D eigenvalue weighted by atomic mass is 10.0. The molecule has 142 valence electrons. The highest BCUT2D eigenvalue weighted by Crippen LogP contribution is 2.29. The van der Waals surface area contributed by atoms with Crippen LogP contribution in [0.3, 0.4) is 0 Å². The van der Waals surface area contributed by atoms with Crippen LogP contribution in [0.15, 0.2) is 22.7 Å². The molecule has 0 aliphatic carbocycles. The Balaban J connectivity index is 1.52. The molecule has 1 aliphatic rings. The monoisotopic (exact) mass is 373 g/mol. The average molecular weight is 373 g/mol. The highest BCUT2D eigenvalue weighted by Gasteiger charge is 2.24. The van der Waals surface area contributed by atoms with Crippen molar-refractivity contribution in [3.05, 3.63) is 52.8 Å². The third-order valence-electron chi connectivity index (χ3n) is 4.66. The van der Waals surface area contributed by atoms with Gasteiger partial charge in [0.05, 0.1) is 12.2 Å². The minimum atomic E-state index is -0.874. The average Bonchev–Trinajstić information content (AvgIpc) is 3.23. The summed E-state index contributed by atoms with van der Waals surface area (Å²) in [6.45, 7) is 6.25. The molecule has 0 saturated carbocycles. The van der Waals surface area contributed by atoms with Gasteiger partial charge in [-0.3, -0.25) is 10.00 Å². The summed E-state index contributed by atoms with van der Waals surface area (Å²) in [5.74, 6) is 0.0383. The highest BCUT2D eigenvalue weighted by molar-refractivity contribution is 5.64. The van der Waals surface area contributed by atoms with Gasteiger partial charge in [0.1, 0.15) is 0 Å². The van der Waals surface area contributed by atoms with Crippen LogP contribution in [0, 0.1) is 17.6 Å². The first-order valence-electron chi connectivity index (χ1n) is 9.05. The van der Waals surface area contributed by atoms with Crippen LogP contribution >= 0.6 is 0 Å². The molecule has 0 unspecified atom stereocenters. The fourth-order valence-electron chi connectivity index (χ4n) is 3.35. The SMILES string of the molecule is CC(C)Cc1nc(CN2CCc3[nH]nc(-c4ccc(F)c(F)c4)c3C2)no1. The Kier molecular flexibility index (Phi) is 4.73. The number of nitrogens with one attached hydrogen (secondary N) is 1. The second-order valence-electron chi connectivity index (χ2n) is 7.32. The first-order valence-corrected chi connectivity index (χ1v) is 9.05. The number of nitrogens with zero attached hydrogens (tertiary/aromatic N) is 4. The molecule has 3 aromatic rings. The third kappa shape index (κ3) is 3.75. The maximum absolute atomic E-state index is 13.6. The van der Waals surface area contributed by atoms with E-state index >= 15 is 0 Å². The summed E-state index contributed by atoms with van der Waals surface area (Å²) < 4.78 is 32.1. The fourth-order valence-corrected chi connectivity index (χ4v) is 3.35. The van der Waals surface area contributed by atoms with Gasteiger partial charge >= 0.3 is 0 Å². The van der Waals surface area contributed by atoms with E-state index in [-0.39, 0.29) is 0 Å². The van der Waals surface area contributed by atoms with Crippen LogP contribution in [0.4, 0.5) is 8.78 Å². The van der Waals surface area contributed by atoms with Gasteiger partial charge in [-0.2, -0.15) is 10.1 Å². The third-order valence-corrected chi connectivity index (χ3v) is 4.66. The van der Waals surface area contributed by atoms with Crippen molar-refractivity contribution in [2.24, 2.45) is 5.92 Å². The molecule has 0 radical (unpaired) electrons. The van der Waals surface area contributed by atoms with Crippen molar-refractivity contribution in [1.82, 2.24) is 25.2 Å². The van der Waals surface area contributed by atoms with E-state index in [4.69, 9.17) is 4.52 Å². The lowest BCUT2D eigenvalue weighted by molar-refractivity contribution is 0.235. The van der Waals surface area contributed by atoms with E-state index in [1.165, 1.54) is 6.07 Å². The zero-order valence-corrected chi connectivity index (χ0v) is 15.3. The maximum atomic E-state index is 13.6. The van der Waals surface area contributed by atoms with Gasteiger partial charge in [0.2, 0.25) is 5.89 Å². The van der Waals surface area contributed by atoms with Gasteiger partial charge in [0, 0.05) is 42.8 Å². The predicted octanol–water partition coefficient (Wildman–Crippen LogP) is 3.49. The van der Waals surface area contributed by atoms with Crippen molar-refractivity contribution in [2.45, 2.75) is 39.8 Å². The molecule has 1 N–H and O–H groups in total. The Labute approximate surface area is 155 Å². The molecular weight excluding hydrogens is 352 g/mol. The molecule has 0 spiro atoms. The minimum Gasteiger partial charge on any atom is -0.339 e. The van der Waals surface area contributed by atoms with Gasteiger partial charge in [0.15, 0.2) is 17.5 Å². The summed E-state index contributed by atoms with van der Waals surface area (Å²) >= 11 is 0. The van der Waals surface area contributed by atoms with Crippen molar-refractivity contribution in [3.8, 4) is 11.3 Å². The van der Waals surface area contributed by atoms with Crippen molar-refractivity contribution in [1.29, 1.82) is 0 Å². The quantitative estimate of drug-likeness (QED) is 0.741. The lowest BCUT2D eigenvalue weighted by Gasteiger charge is -2.25. The molecule has 0 saturated heterocycles. The van der Waals surface area contributed by atoms with Crippen LogP contribution in [-0.4, -0.2) is 31.8 Å². The van der Waals surface area contributed by atoms with Gasteiger partial charge in [0.25, 0.3) is 0 Å². The molecule has 0 fully saturated rings. The highest BCUT2D eigenvalue weighted by atomic mass is 19.2. The van der Waals surface area contributed by atoms with Gasteiger partial charge < -0.3 is 4.52 Å². The van der Waals surface area contributed by atoms with E-state index in [0.29, 0.717) is 42.0 Å². The van der Waals surface area contributed by atoms with Crippen molar-refractivity contribution in [3.63, 3.8) is 0 Å². The maximum Gasteiger partial charge on any atom is 0.226 e. The molecule has 1 aromatic carbocycles. The second-order valence-corrected chi connectivity index (χ2v) is 7.32. The van der Waals surface area contributed by atoms with E-state index in [1.54, 1.807) is 6.07 Å². The second kappa shape index (κ2) is 7.19. The summed E-state index contributed by atoms with van der Waals surface area (Å²) in [6.07, 6.45) is 1.56. The van der Waals surface area contributed by atoms with E-state index in [0.717, 1.165) is 36.7 Å². The summed E-state index contributed by atoms with van der Waals surface area (Å²) in [5.41, 5.74) is 3.24. The number of benzene rings is 1. The largest absolute Gasteiger partial charge is 0.339 e. The van der Waals surface area contributed by atoms with E-state index in [2.05, 4.69) is 39.1 Å². The van der Waals surface area contributed by atoms with Crippen LogP contribution < -0.4 is 0 Å². The number of hydrogen-bond acceptors (Lipinski definition) is 5. The molecule has 4 rings (SSSR count). The number of rotatable bonds is 5. The number of hydrogen-bond donors (Lipinski definition) is 1. The van der Waals surface area contributed by atoms with Crippen LogP contribution in [-0.2, 0) is 25.9 Å². The van der Waals surface area contributed by atoms with E-state index in [1.807, 2.05) is 0 Å². The topological polar surface area (TPSA) is 70.8 Å². The summed E-state index contributed by atoms with van der Waals surface area (Å²) in [7, 11) is 0. The predicted molar refractivity (Wildman–Crippen MR) is 94.6 cm³/mol. The molecule has 0 atom stereocenters. The summed E-state index contributed by atoms with van der Waals surface area (Å²) in [4.78, 5) is 6.66. The summed E-state index contributed by atoms with van der Waals surface area (Å²) in [5, 5.41) is 11.4. The Morgan fingerprint density at radius 2 is 2.11 bits per heavy atom. The molecule has 27 heavy (non-hydrogen) atoms. The van der Waals surface area contributed by atoms with Crippen molar-refractivity contribution < 1.29 is 13.3 Å². The zero-order chi connectivity index (χ0) is 19.0. The van der Waals surface area contributed by atoms with E-state index in [9.17, 15) is 8.78 Å². The Morgan fingerprint density at radius 3 is 2.89 bits per heavy atom. The number of H-pyrrole nitrogens is 1. The first kappa shape index (κ1) is 17.8. The van der Waals surface area contributed by atoms with Gasteiger partial charge in [-0.1, -0.05) is 19.0 Å². The number of aromatic amines is 1. The Bertz CT molecular complexity index is 949.